The second kappa shape index (κ2) is 10.1. The molecule has 1 fully saturated rings. The van der Waals surface area contributed by atoms with Crippen LogP contribution in [0.3, 0.4) is 0 Å². The molecule has 0 radical (unpaired) electrons. The summed E-state index contributed by atoms with van der Waals surface area (Å²) in [5.41, 5.74) is 1.74. The van der Waals surface area contributed by atoms with Crippen LogP contribution in [-0.2, 0) is 16.0 Å². The van der Waals surface area contributed by atoms with Crippen molar-refractivity contribution in [3.8, 4) is 0 Å². The van der Waals surface area contributed by atoms with Gasteiger partial charge in [0.25, 0.3) is 0 Å². The third kappa shape index (κ3) is 6.71. The van der Waals surface area contributed by atoms with Gasteiger partial charge in [0.1, 0.15) is 0 Å². The van der Waals surface area contributed by atoms with Gasteiger partial charge in [0, 0.05) is 25.2 Å². The fourth-order valence-corrected chi connectivity index (χ4v) is 2.94. The predicted molar refractivity (Wildman–Crippen MR) is 97.0 cm³/mol. The third-order valence-electron chi connectivity index (χ3n) is 4.28. The van der Waals surface area contributed by atoms with E-state index in [4.69, 9.17) is 0 Å². The molecule has 2 N–H and O–H groups in total. The minimum Gasteiger partial charge on any atom is -0.355 e. The number of carbonyl (C=O) groups excluding carboxylic acids is 2. The van der Waals surface area contributed by atoms with E-state index in [0.717, 1.165) is 37.3 Å². The van der Waals surface area contributed by atoms with Gasteiger partial charge in [-0.05, 0) is 50.0 Å². The van der Waals surface area contributed by atoms with Gasteiger partial charge in [-0.1, -0.05) is 25.5 Å². The molecule has 132 valence electrons. The number of rotatable bonds is 8. The van der Waals surface area contributed by atoms with Crippen LogP contribution < -0.4 is 10.6 Å². The lowest BCUT2D eigenvalue weighted by molar-refractivity contribution is -0.120. The molecule has 2 amide bonds. The van der Waals surface area contributed by atoms with E-state index in [9.17, 15) is 9.59 Å². The minimum absolute atomic E-state index is 0.0284. The van der Waals surface area contributed by atoms with Crippen molar-refractivity contribution in [3.05, 3.63) is 29.8 Å². The lowest BCUT2D eigenvalue weighted by atomic mass is 10.1. The number of likely N-dealkylation sites (tertiary alicyclic amines) is 1. The molecule has 0 bridgehead atoms. The van der Waals surface area contributed by atoms with Crippen molar-refractivity contribution in [2.75, 3.05) is 31.5 Å². The Kier molecular flexibility index (Phi) is 7.75. The monoisotopic (exact) mass is 331 g/mol. The van der Waals surface area contributed by atoms with Gasteiger partial charge in [-0.3, -0.25) is 9.59 Å². The van der Waals surface area contributed by atoms with Crippen molar-refractivity contribution in [1.82, 2.24) is 10.2 Å². The van der Waals surface area contributed by atoms with Crippen LogP contribution in [0.4, 0.5) is 5.69 Å². The molecule has 1 heterocycles. The van der Waals surface area contributed by atoms with Gasteiger partial charge in [-0.15, -0.1) is 0 Å². The number of hydrogen-bond acceptors (Lipinski definition) is 3. The highest BCUT2D eigenvalue weighted by atomic mass is 16.2. The Morgan fingerprint density at radius 3 is 2.42 bits per heavy atom. The van der Waals surface area contributed by atoms with Crippen molar-refractivity contribution in [2.45, 2.75) is 45.4 Å². The van der Waals surface area contributed by atoms with Crippen molar-refractivity contribution in [3.63, 3.8) is 0 Å². The number of nitrogens with zero attached hydrogens (tertiary/aromatic N) is 1. The quantitative estimate of drug-likeness (QED) is 0.770. The molecule has 1 aliphatic heterocycles. The smallest absolute Gasteiger partial charge is 0.224 e. The standard InChI is InChI=1S/C19H29N3O2/c1-2-6-18(23)21-17-9-7-16(8-10-17)15-19(24)20-11-14-22-12-4-3-5-13-22/h7-10H,2-6,11-15H2,1H3,(H,20,24)(H,21,23). The summed E-state index contributed by atoms with van der Waals surface area (Å²) in [4.78, 5) is 26.0. The molecule has 1 aromatic carbocycles. The molecule has 2 rings (SSSR count). The second-order valence-corrected chi connectivity index (χ2v) is 6.42. The van der Waals surface area contributed by atoms with Crippen LogP contribution >= 0.6 is 0 Å². The van der Waals surface area contributed by atoms with E-state index < -0.39 is 0 Å². The van der Waals surface area contributed by atoms with Crippen LogP contribution in [0.1, 0.15) is 44.6 Å². The van der Waals surface area contributed by atoms with E-state index in [1.807, 2.05) is 31.2 Å². The molecule has 0 spiro atoms. The molecular formula is C19H29N3O2. The minimum atomic E-state index is 0.0284. The first-order valence-corrected chi connectivity index (χ1v) is 9.05. The molecular weight excluding hydrogens is 302 g/mol. The van der Waals surface area contributed by atoms with E-state index in [1.54, 1.807) is 0 Å². The molecule has 1 saturated heterocycles. The zero-order valence-corrected chi connectivity index (χ0v) is 14.6. The first-order valence-electron chi connectivity index (χ1n) is 9.05. The topological polar surface area (TPSA) is 61.4 Å². The van der Waals surface area contributed by atoms with Crippen LogP contribution in [0.2, 0.25) is 0 Å². The molecule has 24 heavy (non-hydrogen) atoms. The van der Waals surface area contributed by atoms with E-state index in [-0.39, 0.29) is 11.8 Å². The Morgan fingerprint density at radius 1 is 1.04 bits per heavy atom. The number of amides is 2. The number of anilines is 1. The van der Waals surface area contributed by atoms with Crippen LogP contribution in [0, 0.1) is 0 Å². The Bertz CT molecular complexity index is 522. The second-order valence-electron chi connectivity index (χ2n) is 6.42. The maximum absolute atomic E-state index is 12.0. The summed E-state index contributed by atoms with van der Waals surface area (Å²) in [7, 11) is 0. The Labute approximate surface area is 144 Å². The number of benzene rings is 1. The van der Waals surface area contributed by atoms with Crippen LogP contribution in [0.25, 0.3) is 0 Å². The average Bonchev–Trinajstić information content (AvgIpc) is 2.58. The van der Waals surface area contributed by atoms with Crippen molar-refractivity contribution < 1.29 is 9.59 Å². The normalized spacial score (nSPS) is 15.0. The molecule has 0 aliphatic carbocycles. The summed E-state index contributed by atoms with van der Waals surface area (Å²) in [6.45, 7) is 5.94. The van der Waals surface area contributed by atoms with Crippen LogP contribution in [-0.4, -0.2) is 42.9 Å². The third-order valence-corrected chi connectivity index (χ3v) is 4.28. The maximum Gasteiger partial charge on any atom is 0.224 e. The summed E-state index contributed by atoms with van der Waals surface area (Å²) in [6, 6.07) is 7.49. The molecule has 0 aromatic heterocycles. The van der Waals surface area contributed by atoms with Gasteiger partial charge >= 0.3 is 0 Å². The van der Waals surface area contributed by atoms with Crippen molar-refractivity contribution >= 4 is 17.5 Å². The fourth-order valence-electron chi connectivity index (χ4n) is 2.94. The summed E-state index contributed by atoms with van der Waals surface area (Å²) in [5, 5.41) is 5.84. The number of carbonyl (C=O) groups is 2. The maximum atomic E-state index is 12.0. The fraction of sp³-hybridized carbons (Fsp3) is 0.579. The SMILES string of the molecule is CCCC(=O)Nc1ccc(CC(=O)NCCN2CCCCC2)cc1. The lowest BCUT2D eigenvalue weighted by Gasteiger charge is -2.26. The Balaban J connectivity index is 1.68. The predicted octanol–water partition coefficient (Wildman–Crippen LogP) is 2.57. The zero-order chi connectivity index (χ0) is 17.2. The Hall–Kier alpha value is -1.88. The van der Waals surface area contributed by atoms with Crippen LogP contribution in [0.5, 0.6) is 0 Å². The van der Waals surface area contributed by atoms with Gasteiger partial charge in [0.15, 0.2) is 0 Å². The molecule has 5 nitrogen and oxygen atoms in total. The molecule has 5 heteroatoms. The summed E-state index contributed by atoms with van der Waals surface area (Å²) < 4.78 is 0. The number of piperidine rings is 1. The van der Waals surface area contributed by atoms with Gasteiger partial charge in [-0.25, -0.2) is 0 Å². The molecule has 0 unspecified atom stereocenters. The highest BCUT2D eigenvalue weighted by Gasteiger charge is 2.10. The number of nitrogens with one attached hydrogen (secondary N) is 2. The first-order chi connectivity index (χ1) is 11.7. The highest BCUT2D eigenvalue weighted by molar-refractivity contribution is 5.90. The van der Waals surface area contributed by atoms with E-state index in [0.29, 0.717) is 19.4 Å². The molecule has 1 aromatic rings. The van der Waals surface area contributed by atoms with Gasteiger partial charge in [-0.2, -0.15) is 0 Å². The molecule has 1 aliphatic rings. The first kappa shape index (κ1) is 18.5. The van der Waals surface area contributed by atoms with E-state index in [2.05, 4.69) is 15.5 Å². The van der Waals surface area contributed by atoms with Gasteiger partial charge in [0.05, 0.1) is 6.42 Å². The summed E-state index contributed by atoms with van der Waals surface area (Å²) >= 11 is 0. The van der Waals surface area contributed by atoms with Gasteiger partial charge in [0.2, 0.25) is 11.8 Å². The summed E-state index contributed by atoms with van der Waals surface area (Å²) in [6.07, 6.45) is 5.62. The van der Waals surface area contributed by atoms with Crippen molar-refractivity contribution in [1.29, 1.82) is 0 Å². The molecule has 0 saturated carbocycles. The van der Waals surface area contributed by atoms with E-state index >= 15 is 0 Å². The van der Waals surface area contributed by atoms with Crippen molar-refractivity contribution in [2.24, 2.45) is 0 Å². The zero-order valence-electron chi connectivity index (χ0n) is 14.6. The van der Waals surface area contributed by atoms with Crippen LogP contribution in [0.15, 0.2) is 24.3 Å². The summed E-state index contributed by atoms with van der Waals surface area (Å²) in [5.74, 6) is 0.0792. The highest BCUT2D eigenvalue weighted by Crippen LogP contribution is 2.11. The van der Waals surface area contributed by atoms with E-state index in [1.165, 1.54) is 19.3 Å². The largest absolute Gasteiger partial charge is 0.355 e. The molecule has 0 atom stereocenters. The van der Waals surface area contributed by atoms with Gasteiger partial charge < -0.3 is 15.5 Å². The number of hydrogen-bond donors (Lipinski definition) is 2. The average molecular weight is 331 g/mol. The lowest BCUT2D eigenvalue weighted by Crippen LogP contribution is -2.38. The Morgan fingerprint density at radius 2 is 1.75 bits per heavy atom.